The molecule has 0 aromatic heterocycles. The minimum absolute atomic E-state index is 0.301. The fourth-order valence-electron chi connectivity index (χ4n) is 3.57. The topological polar surface area (TPSA) is 120 Å². The zero-order valence-electron chi connectivity index (χ0n) is 26.4. The van der Waals surface area contributed by atoms with Gasteiger partial charge in [0.1, 0.15) is 0 Å². The van der Waals surface area contributed by atoms with Gasteiger partial charge in [0.05, 0.1) is 143 Å². The summed E-state index contributed by atoms with van der Waals surface area (Å²) in [7, 11) is 9.83. The van der Waals surface area contributed by atoms with E-state index >= 15 is 0 Å². The Morgan fingerprint density at radius 3 is 0.585 bits per heavy atom. The molecule has 13 heteroatoms. The van der Waals surface area contributed by atoms with Gasteiger partial charge in [-0.05, 0) is 0 Å². The van der Waals surface area contributed by atoms with Gasteiger partial charge in [-0.2, -0.15) is 0 Å². The molecule has 41 heavy (non-hydrogen) atoms. The smallest absolute Gasteiger partial charge is 0.0700 e. The molecule has 0 aromatic carbocycles. The van der Waals surface area contributed by atoms with Crippen LogP contribution >= 0.6 is 0 Å². The number of ether oxygens (including phenoxy) is 13. The molecule has 248 valence electrons. The van der Waals surface area contributed by atoms with E-state index in [1.54, 1.807) is 42.7 Å². The van der Waals surface area contributed by atoms with E-state index in [-0.39, 0.29) is 0 Å². The summed E-state index contributed by atoms with van der Waals surface area (Å²) in [6.45, 7) is 8.19. The summed E-state index contributed by atoms with van der Waals surface area (Å²) in [5.41, 5.74) is -1.18. The van der Waals surface area contributed by atoms with Crippen molar-refractivity contribution in [2.24, 2.45) is 10.8 Å². The van der Waals surface area contributed by atoms with Gasteiger partial charge in [-0.15, -0.1) is 0 Å². The highest BCUT2D eigenvalue weighted by Crippen LogP contribution is 2.25. The minimum Gasteiger partial charge on any atom is -0.382 e. The first-order chi connectivity index (χ1) is 20.1. The van der Waals surface area contributed by atoms with Crippen LogP contribution in [0.4, 0.5) is 0 Å². The number of hydrogen-bond donors (Lipinski definition) is 0. The Morgan fingerprint density at radius 2 is 0.415 bits per heavy atom. The third kappa shape index (κ3) is 22.7. The van der Waals surface area contributed by atoms with Crippen molar-refractivity contribution in [3.05, 3.63) is 0 Å². The van der Waals surface area contributed by atoms with Crippen LogP contribution in [0, 0.1) is 10.8 Å². The molecule has 0 heterocycles. The maximum atomic E-state index is 6.44. The monoisotopic (exact) mass is 602 g/mol. The Balaban J connectivity index is 5.70. The van der Waals surface area contributed by atoms with Crippen LogP contribution < -0.4 is 0 Å². The molecule has 0 aliphatic heterocycles. The SMILES string of the molecule is COCCOCC(COCCOC)(COCCOC)COCC(COCCOC)(COCCOC)COCCOC. The average molecular weight is 603 g/mol. The third-order valence-corrected chi connectivity index (χ3v) is 5.86. The quantitative estimate of drug-likeness (QED) is 0.0974. The van der Waals surface area contributed by atoms with Crippen LogP contribution in [-0.4, -0.2) is 175 Å². The zero-order valence-corrected chi connectivity index (χ0v) is 26.4. The van der Waals surface area contributed by atoms with Crippen LogP contribution in [0.5, 0.6) is 0 Å². The van der Waals surface area contributed by atoms with Gasteiger partial charge in [0.25, 0.3) is 0 Å². The van der Waals surface area contributed by atoms with Crippen molar-refractivity contribution in [1.29, 1.82) is 0 Å². The first-order valence-electron chi connectivity index (χ1n) is 14.1. The lowest BCUT2D eigenvalue weighted by Crippen LogP contribution is -2.46. The standard InChI is InChI=1S/C28H58O13/c1-29-7-13-35-19-27(20-36-14-8-30-2,21-37-15-9-31-3)25-41-26-28(22-38-16-10-32-4,23-39-17-11-33-5)24-40-18-12-34-6/h7-26H2,1-6H3. The first kappa shape index (κ1) is 40.5. The van der Waals surface area contributed by atoms with Gasteiger partial charge in [-0.3, -0.25) is 0 Å². The van der Waals surface area contributed by atoms with Crippen molar-refractivity contribution in [2.75, 3.05) is 175 Å². The van der Waals surface area contributed by atoms with Gasteiger partial charge >= 0.3 is 0 Å². The van der Waals surface area contributed by atoms with Gasteiger partial charge in [-0.1, -0.05) is 0 Å². The van der Waals surface area contributed by atoms with Crippen LogP contribution in [0.1, 0.15) is 0 Å². The Kier molecular flexibility index (Phi) is 29.2. The van der Waals surface area contributed by atoms with Crippen molar-refractivity contribution < 1.29 is 61.6 Å². The summed E-state index contributed by atoms with van der Waals surface area (Å²) >= 11 is 0. The van der Waals surface area contributed by atoms with Gasteiger partial charge < -0.3 is 61.6 Å². The molecule has 0 amide bonds. The molecule has 0 radical (unpaired) electrons. The van der Waals surface area contributed by atoms with E-state index in [1.165, 1.54) is 0 Å². The lowest BCUT2D eigenvalue weighted by atomic mass is 9.90. The largest absolute Gasteiger partial charge is 0.382 e. The van der Waals surface area contributed by atoms with Crippen LogP contribution in [0.15, 0.2) is 0 Å². The van der Waals surface area contributed by atoms with E-state index in [0.29, 0.717) is 132 Å². The zero-order chi connectivity index (χ0) is 30.3. The fraction of sp³-hybridized carbons (Fsp3) is 1.00. The Labute approximate surface area is 247 Å². The van der Waals surface area contributed by atoms with Crippen LogP contribution in [0.3, 0.4) is 0 Å². The molecule has 0 spiro atoms. The van der Waals surface area contributed by atoms with Crippen molar-refractivity contribution in [3.8, 4) is 0 Å². The minimum atomic E-state index is -0.592. The molecule has 0 rings (SSSR count). The third-order valence-electron chi connectivity index (χ3n) is 5.86. The van der Waals surface area contributed by atoms with Crippen molar-refractivity contribution in [2.45, 2.75) is 0 Å². The molecule has 0 saturated heterocycles. The Bertz CT molecular complexity index is 421. The van der Waals surface area contributed by atoms with Gasteiger partial charge in [-0.25, -0.2) is 0 Å². The predicted molar refractivity (Wildman–Crippen MR) is 152 cm³/mol. The molecule has 13 nitrogen and oxygen atoms in total. The van der Waals surface area contributed by atoms with Gasteiger partial charge in [0, 0.05) is 42.7 Å². The molecule has 0 aromatic rings. The highest BCUT2D eigenvalue weighted by atomic mass is 16.6. The fourth-order valence-corrected chi connectivity index (χ4v) is 3.57. The molecular weight excluding hydrogens is 544 g/mol. The second kappa shape index (κ2) is 29.5. The highest BCUT2D eigenvalue weighted by molar-refractivity contribution is 4.83. The second-order valence-electron chi connectivity index (χ2n) is 9.77. The molecule has 0 atom stereocenters. The molecule has 0 bridgehead atoms. The van der Waals surface area contributed by atoms with E-state index in [9.17, 15) is 0 Å². The molecule has 0 unspecified atom stereocenters. The summed E-state index contributed by atoms with van der Waals surface area (Å²) in [5, 5.41) is 0. The number of methoxy groups -OCH3 is 6. The maximum Gasteiger partial charge on any atom is 0.0700 e. The highest BCUT2D eigenvalue weighted by Gasteiger charge is 2.37. The summed E-state index contributed by atoms with van der Waals surface area (Å²) in [6, 6.07) is 0. The molecule has 0 N–H and O–H groups in total. The van der Waals surface area contributed by atoms with E-state index < -0.39 is 10.8 Å². The Morgan fingerprint density at radius 1 is 0.244 bits per heavy atom. The van der Waals surface area contributed by atoms with Gasteiger partial charge in [0.15, 0.2) is 0 Å². The van der Waals surface area contributed by atoms with E-state index in [0.717, 1.165) is 0 Å². The molecule has 0 fully saturated rings. The second-order valence-corrected chi connectivity index (χ2v) is 9.77. The van der Waals surface area contributed by atoms with Crippen LogP contribution in [-0.2, 0) is 61.6 Å². The average Bonchev–Trinajstić information content (AvgIpc) is 2.98. The molecule has 0 aliphatic carbocycles. The lowest BCUT2D eigenvalue weighted by Gasteiger charge is -2.37. The molecular formula is C28H58O13. The van der Waals surface area contributed by atoms with Gasteiger partial charge in [0.2, 0.25) is 0 Å². The van der Waals surface area contributed by atoms with Crippen molar-refractivity contribution >= 4 is 0 Å². The normalized spacial score (nSPS) is 12.4. The number of rotatable bonds is 34. The summed E-state index contributed by atoms with van der Waals surface area (Å²) in [4.78, 5) is 0. The number of hydrogen-bond acceptors (Lipinski definition) is 13. The maximum absolute atomic E-state index is 6.44. The van der Waals surface area contributed by atoms with E-state index in [2.05, 4.69) is 0 Å². The molecule has 0 saturated carbocycles. The van der Waals surface area contributed by atoms with Crippen molar-refractivity contribution in [1.82, 2.24) is 0 Å². The lowest BCUT2D eigenvalue weighted by molar-refractivity contribution is -0.148. The Hall–Kier alpha value is -0.520. The van der Waals surface area contributed by atoms with Crippen molar-refractivity contribution in [3.63, 3.8) is 0 Å². The summed E-state index contributed by atoms with van der Waals surface area (Å²) < 4.78 is 73.2. The summed E-state index contributed by atoms with van der Waals surface area (Å²) in [6.07, 6.45) is 0. The van der Waals surface area contributed by atoms with Crippen LogP contribution in [0.2, 0.25) is 0 Å². The predicted octanol–water partition coefficient (Wildman–Crippen LogP) is 0.954. The summed E-state index contributed by atoms with van der Waals surface area (Å²) in [5.74, 6) is 0. The van der Waals surface area contributed by atoms with E-state index in [4.69, 9.17) is 61.6 Å². The van der Waals surface area contributed by atoms with Crippen LogP contribution in [0.25, 0.3) is 0 Å². The first-order valence-corrected chi connectivity index (χ1v) is 14.1. The molecule has 0 aliphatic rings. The van der Waals surface area contributed by atoms with E-state index in [1.807, 2.05) is 0 Å².